The van der Waals surface area contributed by atoms with Crippen LogP contribution in [0, 0.1) is 6.92 Å². The van der Waals surface area contributed by atoms with E-state index in [2.05, 4.69) is 20.6 Å². The molecule has 0 radical (unpaired) electrons. The third-order valence-electron chi connectivity index (χ3n) is 5.15. The van der Waals surface area contributed by atoms with E-state index >= 15 is 0 Å². The van der Waals surface area contributed by atoms with Gasteiger partial charge in [-0.25, -0.2) is 24.7 Å². The number of nitrogens with zero attached hydrogens (tertiary/aromatic N) is 4. The number of amides is 1. The van der Waals surface area contributed by atoms with Crippen LogP contribution >= 0.6 is 0 Å². The molecular formula is C23H17N5O8. The average molecular weight is 491 g/mol. The molecule has 0 saturated heterocycles. The van der Waals surface area contributed by atoms with Gasteiger partial charge in [-0.2, -0.15) is 5.10 Å². The van der Waals surface area contributed by atoms with Gasteiger partial charge in [-0.3, -0.25) is 4.79 Å². The summed E-state index contributed by atoms with van der Waals surface area (Å²) in [5, 5.41) is 56.9. The predicted molar refractivity (Wildman–Crippen MR) is 124 cm³/mol. The lowest BCUT2D eigenvalue weighted by Crippen LogP contribution is -2.17. The van der Waals surface area contributed by atoms with Crippen molar-refractivity contribution >= 4 is 35.1 Å². The fourth-order valence-corrected chi connectivity index (χ4v) is 3.36. The Balaban J connectivity index is 1.74. The van der Waals surface area contributed by atoms with Crippen LogP contribution in [0.25, 0.3) is 16.7 Å². The van der Waals surface area contributed by atoms with Crippen LogP contribution in [0.4, 0.5) is 0 Å². The zero-order chi connectivity index (χ0) is 26.1. The average Bonchev–Trinajstić information content (AvgIpc) is 3.26. The van der Waals surface area contributed by atoms with E-state index in [1.54, 1.807) is 0 Å². The number of nitrogens with one attached hydrogen (secondary N) is 1. The normalized spacial score (nSPS) is 11.1. The maximum absolute atomic E-state index is 12.3. The van der Waals surface area contributed by atoms with Gasteiger partial charge in [0.2, 0.25) is 0 Å². The molecule has 2 aromatic heterocycles. The minimum Gasteiger partial charge on any atom is -0.505 e. The number of phenols is 2. The number of carboxylic acids is 2. The number of aryl methyl sites for hydroxylation is 1. The molecule has 13 nitrogen and oxygen atoms in total. The van der Waals surface area contributed by atoms with Gasteiger partial charge in [-0.1, -0.05) is 6.07 Å². The minimum absolute atomic E-state index is 0.108. The first kappa shape index (κ1) is 23.7. The SMILES string of the molecule is Cc1nc2nn(-c3cc(C(=O)O)cc(C(=O)O)c3)cc2c(C=NNC(=O)c2cccc(O)c2O)c1O. The maximum Gasteiger partial charge on any atom is 0.335 e. The second-order valence-corrected chi connectivity index (χ2v) is 7.52. The number of hydrazone groups is 1. The highest BCUT2D eigenvalue weighted by Gasteiger charge is 2.18. The molecule has 2 aromatic carbocycles. The number of pyridine rings is 1. The molecule has 36 heavy (non-hydrogen) atoms. The number of para-hydroxylation sites is 1. The molecule has 0 bridgehead atoms. The highest BCUT2D eigenvalue weighted by atomic mass is 16.4. The van der Waals surface area contributed by atoms with Crippen LogP contribution in [0.5, 0.6) is 17.2 Å². The van der Waals surface area contributed by atoms with E-state index in [1.165, 1.54) is 48.1 Å². The number of hydrogen-bond acceptors (Lipinski definition) is 9. The number of carbonyl (C=O) groups excluding carboxylic acids is 1. The summed E-state index contributed by atoms with van der Waals surface area (Å²) >= 11 is 0. The van der Waals surface area contributed by atoms with Crippen molar-refractivity contribution in [2.24, 2.45) is 5.10 Å². The lowest BCUT2D eigenvalue weighted by atomic mass is 10.1. The molecule has 0 spiro atoms. The van der Waals surface area contributed by atoms with Crippen LogP contribution in [0.15, 0.2) is 47.7 Å². The lowest BCUT2D eigenvalue weighted by molar-refractivity contribution is 0.0696. The van der Waals surface area contributed by atoms with Crippen molar-refractivity contribution in [2.75, 3.05) is 0 Å². The third kappa shape index (κ3) is 4.35. The van der Waals surface area contributed by atoms with Crippen LogP contribution in [-0.4, -0.2) is 64.4 Å². The van der Waals surface area contributed by atoms with Gasteiger partial charge in [0.1, 0.15) is 5.75 Å². The second kappa shape index (κ2) is 9.06. The van der Waals surface area contributed by atoms with Gasteiger partial charge < -0.3 is 25.5 Å². The van der Waals surface area contributed by atoms with Crippen LogP contribution in [-0.2, 0) is 0 Å². The molecule has 0 aliphatic heterocycles. The smallest absolute Gasteiger partial charge is 0.335 e. The minimum atomic E-state index is -1.33. The number of hydrogen-bond donors (Lipinski definition) is 6. The van der Waals surface area contributed by atoms with Crippen molar-refractivity contribution in [3.63, 3.8) is 0 Å². The van der Waals surface area contributed by atoms with Crippen molar-refractivity contribution in [3.05, 3.63) is 70.5 Å². The van der Waals surface area contributed by atoms with Crippen molar-refractivity contribution < 1.29 is 39.9 Å². The van der Waals surface area contributed by atoms with Crippen LogP contribution in [0.2, 0.25) is 0 Å². The fourth-order valence-electron chi connectivity index (χ4n) is 3.36. The summed E-state index contributed by atoms with van der Waals surface area (Å²) in [6.45, 7) is 1.50. The first-order valence-electron chi connectivity index (χ1n) is 10.1. The molecule has 4 aromatic rings. The molecular weight excluding hydrogens is 474 g/mol. The number of fused-ring (bicyclic) bond motifs is 1. The third-order valence-corrected chi connectivity index (χ3v) is 5.15. The predicted octanol–water partition coefficient (Wildman–Crippen LogP) is 2.01. The largest absolute Gasteiger partial charge is 0.505 e. The summed E-state index contributed by atoms with van der Waals surface area (Å²) in [4.78, 5) is 39.4. The lowest BCUT2D eigenvalue weighted by Gasteiger charge is -2.05. The number of aromatic hydroxyl groups is 3. The van der Waals surface area contributed by atoms with E-state index in [9.17, 15) is 39.9 Å². The van der Waals surface area contributed by atoms with E-state index in [0.717, 1.165) is 12.3 Å². The van der Waals surface area contributed by atoms with Gasteiger partial charge in [-0.15, -0.1) is 5.10 Å². The highest BCUT2D eigenvalue weighted by molar-refractivity contribution is 6.02. The van der Waals surface area contributed by atoms with E-state index in [0.29, 0.717) is 0 Å². The number of carbonyl (C=O) groups is 3. The van der Waals surface area contributed by atoms with E-state index < -0.39 is 29.3 Å². The Labute approximate surface area is 201 Å². The first-order chi connectivity index (χ1) is 17.1. The molecule has 0 aliphatic rings. The van der Waals surface area contributed by atoms with Crippen LogP contribution in [0.3, 0.4) is 0 Å². The molecule has 0 atom stereocenters. The van der Waals surface area contributed by atoms with Gasteiger partial charge in [0.05, 0.1) is 45.2 Å². The number of carboxylic acid groups (broad SMARTS) is 2. The zero-order valence-corrected chi connectivity index (χ0v) is 18.4. The topological polar surface area (TPSA) is 207 Å². The van der Waals surface area contributed by atoms with Gasteiger partial charge >= 0.3 is 11.9 Å². The van der Waals surface area contributed by atoms with E-state index in [4.69, 9.17) is 0 Å². The van der Waals surface area contributed by atoms with Gasteiger partial charge in [0, 0.05) is 6.20 Å². The summed E-state index contributed by atoms with van der Waals surface area (Å²) in [5.74, 6) is -4.87. The molecule has 1 amide bonds. The van der Waals surface area contributed by atoms with Crippen molar-refractivity contribution in [1.82, 2.24) is 20.2 Å². The number of rotatable bonds is 6. The molecule has 0 unspecified atom stereocenters. The van der Waals surface area contributed by atoms with Gasteiger partial charge in [-0.05, 0) is 37.3 Å². The molecule has 182 valence electrons. The molecule has 0 fully saturated rings. The van der Waals surface area contributed by atoms with Crippen molar-refractivity contribution in [1.29, 1.82) is 0 Å². The summed E-state index contributed by atoms with van der Waals surface area (Å²) in [5.41, 5.74) is 1.95. The van der Waals surface area contributed by atoms with Gasteiger partial charge in [0.15, 0.2) is 17.1 Å². The van der Waals surface area contributed by atoms with Crippen molar-refractivity contribution in [2.45, 2.75) is 6.92 Å². The van der Waals surface area contributed by atoms with E-state index in [-0.39, 0.29) is 50.4 Å². The molecule has 4 rings (SSSR count). The Morgan fingerprint density at radius 1 is 1.00 bits per heavy atom. The summed E-state index contributed by atoms with van der Waals surface area (Å²) in [7, 11) is 0. The number of phenolic OH excluding ortho intramolecular Hbond substituents is 2. The fraction of sp³-hybridized carbons (Fsp3) is 0.0435. The Morgan fingerprint density at radius 3 is 2.31 bits per heavy atom. The second-order valence-electron chi connectivity index (χ2n) is 7.52. The van der Waals surface area contributed by atoms with Crippen molar-refractivity contribution in [3.8, 4) is 22.9 Å². The Morgan fingerprint density at radius 2 is 1.67 bits per heavy atom. The van der Waals surface area contributed by atoms with Crippen LogP contribution < -0.4 is 5.43 Å². The molecule has 0 saturated carbocycles. The number of aromatic nitrogens is 3. The summed E-state index contributed by atoms with van der Waals surface area (Å²) in [6.07, 6.45) is 2.50. The Bertz CT molecular complexity index is 1560. The first-order valence-corrected chi connectivity index (χ1v) is 10.1. The number of benzene rings is 2. The van der Waals surface area contributed by atoms with Gasteiger partial charge in [0.25, 0.3) is 5.91 Å². The standard InChI is InChI=1S/C23H17N5O8/c1-10-18(30)15(8-24-26-21(32)14-3-2-4-17(29)19(14)31)16-9-28(27-20(16)25-10)13-6-11(22(33)34)5-12(7-13)23(35)36/h2-9,29-31H,1H3,(H,26,32)(H,33,34)(H,35,36). The highest BCUT2D eigenvalue weighted by Crippen LogP contribution is 2.29. The molecule has 2 heterocycles. The monoisotopic (exact) mass is 491 g/mol. The van der Waals surface area contributed by atoms with Crippen LogP contribution in [0.1, 0.15) is 42.3 Å². The number of aromatic carboxylic acids is 2. The Hall–Kier alpha value is -5.46. The van der Waals surface area contributed by atoms with E-state index in [1.807, 2.05) is 0 Å². The zero-order valence-electron chi connectivity index (χ0n) is 18.4. The summed E-state index contributed by atoms with van der Waals surface area (Å²) in [6, 6.07) is 7.29. The molecule has 0 aliphatic carbocycles. The Kier molecular flexibility index (Phi) is 5.96. The quantitative estimate of drug-likeness (QED) is 0.131. The summed E-state index contributed by atoms with van der Waals surface area (Å²) < 4.78 is 1.20. The molecule has 6 N–H and O–H groups in total. The molecule has 13 heteroatoms. The maximum atomic E-state index is 12.3.